The van der Waals surface area contributed by atoms with Crippen LogP contribution in [0, 0.1) is 0 Å². The lowest BCUT2D eigenvalue weighted by Gasteiger charge is -2.08. The van der Waals surface area contributed by atoms with E-state index in [0.29, 0.717) is 38.5 Å². The first-order chi connectivity index (χ1) is 8.06. The van der Waals surface area contributed by atoms with Crippen LogP contribution in [-0.2, 0) is 9.59 Å². The third-order valence-electron chi connectivity index (χ3n) is 2.15. The molecule has 0 heterocycles. The van der Waals surface area contributed by atoms with E-state index in [4.69, 9.17) is 0 Å². The van der Waals surface area contributed by atoms with Gasteiger partial charge in [-0.1, -0.05) is 20.8 Å². The highest BCUT2D eigenvalue weighted by molar-refractivity contribution is 5.78. The summed E-state index contributed by atoms with van der Waals surface area (Å²) in [5.74, 6) is -0.0195. The number of carbonyl (C=O) groups is 2. The molecule has 5 nitrogen and oxygen atoms in total. The summed E-state index contributed by atoms with van der Waals surface area (Å²) in [5.41, 5.74) is 0. The number of rotatable bonds is 9. The molecule has 0 spiro atoms. The van der Waals surface area contributed by atoms with Crippen LogP contribution in [0.4, 0.5) is 0 Å². The van der Waals surface area contributed by atoms with Gasteiger partial charge < -0.3 is 16.0 Å². The van der Waals surface area contributed by atoms with Crippen LogP contribution in [0.3, 0.4) is 0 Å². The molecule has 17 heavy (non-hydrogen) atoms. The Hall–Kier alpha value is -1.10. The van der Waals surface area contributed by atoms with Crippen molar-refractivity contribution in [3.05, 3.63) is 0 Å². The van der Waals surface area contributed by atoms with Crippen molar-refractivity contribution in [3.8, 4) is 0 Å². The normalized spacial score (nSPS) is 10.4. The molecule has 100 valence electrons. The number of carbonyl (C=O) groups excluding carboxylic acids is 2. The molecule has 0 unspecified atom stereocenters. The predicted molar refractivity (Wildman–Crippen MR) is 68.7 cm³/mol. The van der Waals surface area contributed by atoms with Crippen molar-refractivity contribution < 1.29 is 9.59 Å². The zero-order valence-electron chi connectivity index (χ0n) is 11.1. The molecule has 0 aliphatic heterocycles. The molecule has 0 saturated heterocycles. The Morgan fingerprint density at radius 2 is 1.47 bits per heavy atom. The third-order valence-corrected chi connectivity index (χ3v) is 2.15. The molecule has 0 fully saturated rings. The monoisotopic (exact) mass is 243 g/mol. The summed E-state index contributed by atoms with van der Waals surface area (Å²) in [6.07, 6.45) is 1.73. The van der Waals surface area contributed by atoms with Crippen LogP contribution >= 0.6 is 0 Å². The SMILES string of the molecule is CCCNC(=O)CCNC(=O)CCNC(C)C. The van der Waals surface area contributed by atoms with Crippen LogP contribution in [0.5, 0.6) is 0 Å². The van der Waals surface area contributed by atoms with Crippen LogP contribution < -0.4 is 16.0 Å². The number of amides is 2. The standard InChI is InChI=1S/C12H25N3O2/c1-4-7-14-11(16)6-9-15-12(17)5-8-13-10(2)3/h10,13H,4-9H2,1-3H3,(H,14,16)(H,15,17). The molecule has 0 aliphatic rings. The second-order valence-electron chi connectivity index (χ2n) is 4.31. The van der Waals surface area contributed by atoms with E-state index in [1.54, 1.807) is 0 Å². The largest absolute Gasteiger partial charge is 0.356 e. The predicted octanol–water partition coefficient (Wildman–Crippen LogP) is 0.407. The molecule has 2 amide bonds. The summed E-state index contributed by atoms with van der Waals surface area (Å²) in [6, 6.07) is 0.391. The van der Waals surface area contributed by atoms with Gasteiger partial charge in [0, 0.05) is 38.5 Å². The lowest BCUT2D eigenvalue weighted by atomic mass is 10.3. The minimum absolute atomic E-state index is 0.00699. The molecule has 0 aromatic rings. The summed E-state index contributed by atoms with van der Waals surface area (Å²) in [5, 5.41) is 8.65. The van der Waals surface area contributed by atoms with Crippen molar-refractivity contribution in [1.82, 2.24) is 16.0 Å². The molecule has 0 aliphatic carbocycles. The smallest absolute Gasteiger partial charge is 0.221 e. The molecule has 0 bridgehead atoms. The molecule has 3 N–H and O–H groups in total. The van der Waals surface area contributed by atoms with Gasteiger partial charge in [0.05, 0.1) is 0 Å². The maximum Gasteiger partial charge on any atom is 0.221 e. The first-order valence-electron chi connectivity index (χ1n) is 6.33. The highest BCUT2D eigenvalue weighted by atomic mass is 16.2. The van der Waals surface area contributed by atoms with Gasteiger partial charge in [-0.2, -0.15) is 0 Å². The van der Waals surface area contributed by atoms with E-state index in [0.717, 1.165) is 6.42 Å². The second-order valence-corrected chi connectivity index (χ2v) is 4.31. The van der Waals surface area contributed by atoms with Gasteiger partial charge in [-0.05, 0) is 6.42 Å². The minimum Gasteiger partial charge on any atom is -0.356 e. The molecule has 0 rings (SSSR count). The van der Waals surface area contributed by atoms with Gasteiger partial charge in [0.15, 0.2) is 0 Å². The van der Waals surface area contributed by atoms with Gasteiger partial charge in [0.2, 0.25) is 11.8 Å². The van der Waals surface area contributed by atoms with Gasteiger partial charge in [0.25, 0.3) is 0 Å². The fourth-order valence-corrected chi connectivity index (χ4v) is 1.23. The highest BCUT2D eigenvalue weighted by Gasteiger charge is 2.03. The molecule has 0 radical (unpaired) electrons. The van der Waals surface area contributed by atoms with Crippen LogP contribution in [-0.4, -0.2) is 37.5 Å². The van der Waals surface area contributed by atoms with E-state index in [1.807, 2.05) is 20.8 Å². The van der Waals surface area contributed by atoms with E-state index < -0.39 is 0 Å². The summed E-state index contributed by atoms with van der Waals surface area (Å²) >= 11 is 0. The van der Waals surface area contributed by atoms with Crippen molar-refractivity contribution in [2.45, 2.75) is 46.1 Å². The van der Waals surface area contributed by atoms with Crippen LogP contribution in [0.2, 0.25) is 0 Å². The maximum absolute atomic E-state index is 11.3. The highest BCUT2D eigenvalue weighted by Crippen LogP contribution is 1.83. The molecule has 0 atom stereocenters. The Morgan fingerprint density at radius 3 is 2.00 bits per heavy atom. The summed E-state index contributed by atoms with van der Waals surface area (Å²) in [6.45, 7) is 7.86. The Labute approximate surface area is 104 Å². The summed E-state index contributed by atoms with van der Waals surface area (Å²) < 4.78 is 0. The van der Waals surface area contributed by atoms with Gasteiger partial charge in [0.1, 0.15) is 0 Å². The van der Waals surface area contributed by atoms with Crippen LogP contribution in [0.1, 0.15) is 40.0 Å². The fraction of sp³-hybridized carbons (Fsp3) is 0.833. The van der Waals surface area contributed by atoms with E-state index >= 15 is 0 Å². The zero-order valence-corrected chi connectivity index (χ0v) is 11.1. The molecular weight excluding hydrogens is 218 g/mol. The van der Waals surface area contributed by atoms with Gasteiger partial charge in [-0.25, -0.2) is 0 Å². The van der Waals surface area contributed by atoms with E-state index in [9.17, 15) is 9.59 Å². The van der Waals surface area contributed by atoms with Gasteiger partial charge >= 0.3 is 0 Å². The molecule has 0 aromatic carbocycles. The Morgan fingerprint density at radius 1 is 0.941 bits per heavy atom. The summed E-state index contributed by atoms with van der Waals surface area (Å²) in [4.78, 5) is 22.5. The second kappa shape index (κ2) is 10.1. The minimum atomic E-state index is -0.0126. The third kappa shape index (κ3) is 11.2. The van der Waals surface area contributed by atoms with E-state index in [-0.39, 0.29) is 11.8 Å². The van der Waals surface area contributed by atoms with Crippen molar-refractivity contribution in [2.75, 3.05) is 19.6 Å². The number of hydrogen-bond acceptors (Lipinski definition) is 3. The maximum atomic E-state index is 11.3. The lowest BCUT2D eigenvalue weighted by molar-refractivity contribution is -0.122. The van der Waals surface area contributed by atoms with E-state index in [2.05, 4.69) is 16.0 Å². The van der Waals surface area contributed by atoms with Gasteiger partial charge in [-0.15, -0.1) is 0 Å². The number of nitrogens with one attached hydrogen (secondary N) is 3. The van der Waals surface area contributed by atoms with Gasteiger partial charge in [-0.3, -0.25) is 9.59 Å². The lowest BCUT2D eigenvalue weighted by Crippen LogP contribution is -2.33. The quantitative estimate of drug-likeness (QED) is 0.549. The summed E-state index contributed by atoms with van der Waals surface area (Å²) in [7, 11) is 0. The average Bonchev–Trinajstić information content (AvgIpc) is 2.25. The van der Waals surface area contributed by atoms with Crippen molar-refractivity contribution in [2.24, 2.45) is 0 Å². The topological polar surface area (TPSA) is 70.2 Å². The molecule has 0 aromatic heterocycles. The van der Waals surface area contributed by atoms with Crippen molar-refractivity contribution in [1.29, 1.82) is 0 Å². The van der Waals surface area contributed by atoms with Crippen LogP contribution in [0.25, 0.3) is 0 Å². The average molecular weight is 243 g/mol. The Kier molecular flexibility index (Phi) is 9.43. The van der Waals surface area contributed by atoms with Crippen molar-refractivity contribution in [3.63, 3.8) is 0 Å². The first-order valence-corrected chi connectivity index (χ1v) is 6.33. The van der Waals surface area contributed by atoms with Crippen molar-refractivity contribution >= 4 is 11.8 Å². The molecule has 0 saturated carbocycles. The first kappa shape index (κ1) is 15.9. The molecular formula is C12H25N3O2. The zero-order chi connectivity index (χ0) is 13.1. The number of hydrogen-bond donors (Lipinski definition) is 3. The Balaban J connectivity index is 3.41. The van der Waals surface area contributed by atoms with E-state index in [1.165, 1.54) is 0 Å². The van der Waals surface area contributed by atoms with Crippen LogP contribution in [0.15, 0.2) is 0 Å². The molecule has 5 heteroatoms. The Bertz CT molecular complexity index is 230. The fourth-order valence-electron chi connectivity index (χ4n) is 1.23.